The van der Waals surface area contributed by atoms with Crippen LogP contribution in [0.25, 0.3) is 0 Å². The Kier molecular flexibility index (Phi) is 0.991. The quantitative estimate of drug-likeness (QED) is 0.497. The maximum absolute atomic E-state index is 9.81. The number of aromatic amines is 1. The number of hydrogen-bond donors (Lipinski definition) is 1. The predicted molar refractivity (Wildman–Crippen MR) is 18.6 cm³/mol. The van der Waals surface area contributed by atoms with E-state index in [1.54, 1.807) is 0 Å². The first-order valence-electron chi connectivity index (χ1n) is 1.74. The maximum atomic E-state index is 9.81. The van der Waals surface area contributed by atoms with Gasteiger partial charge in [0.05, 0.1) is 0 Å². The van der Waals surface area contributed by atoms with E-state index in [1.807, 2.05) is 0 Å². The summed E-state index contributed by atoms with van der Waals surface area (Å²) in [5.41, 5.74) is 0. The molecule has 5 nitrogen and oxygen atoms in total. The molecule has 0 aromatic carbocycles. The van der Waals surface area contributed by atoms with Crippen LogP contribution in [0, 0.1) is 0 Å². The fraction of sp³-hybridized carbons (Fsp3) is 0.500. The molecule has 0 atom stereocenters. The molecule has 0 fully saturated rings. The molecule has 0 bridgehead atoms. The van der Waals surface area contributed by atoms with E-state index in [2.05, 4.69) is 20.6 Å². The van der Waals surface area contributed by atoms with Gasteiger partial charge in [-0.25, -0.2) is 5.11 Å². The molecule has 0 amide bonds. The molecule has 7 heavy (non-hydrogen) atoms. The zero-order valence-corrected chi connectivity index (χ0v) is 3.46. The molecule has 1 radical (unpaired) electrons. The van der Waals surface area contributed by atoms with E-state index < -0.39 is 6.61 Å². The Morgan fingerprint density at radius 2 is 2.57 bits per heavy atom. The van der Waals surface area contributed by atoms with Gasteiger partial charge in [-0.1, -0.05) is 5.21 Å². The number of aromatic nitrogens is 4. The van der Waals surface area contributed by atoms with E-state index in [1.165, 1.54) is 0 Å². The molecule has 5 heteroatoms. The van der Waals surface area contributed by atoms with Gasteiger partial charge in [0.15, 0.2) is 0 Å². The van der Waals surface area contributed by atoms with Crippen LogP contribution in [0.15, 0.2) is 0 Å². The van der Waals surface area contributed by atoms with Crippen molar-refractivity contribution in [1.82, 2.24) is 20.6 Å². The number of tetrazole rings is 1. The average molecular weight is 99.1 g/mol. The number of hydrogen-bond acceptors (Lipinski definition) is 3. The first-order valence-corrected chi connectivity index (χ1v) is 1.74. The Morgan fingerprint density at radius 1 is 1.71 bits per heavy atom. The van der Waals surface area contributed by atoms with E-state index in [4.69, 9.17) is 0 Å². The van der Waals surface area contributed by atoms with Crippen LogP contribution in [0.3, 0.4) is 0 Å². The van der Waals surface area contributed by atoms with E-state index in [0.717, 1.165) is 0 Å². The molecular weight excluding hydrogens is 96.0 g/mol. The molecule has 1 aromatic rings. The molecular formula is C2H3N4O. The highest BCUT2D eigenvalue weighted by Crippen LogP contribution is 1.77. The summed E-state index contributed by atoms with van der Waals surface area (Å²) in [6.07, 6.45) is 0. The van der Waals surface area contributed by atoms with Crippen LogP contribution in [0.1, 0.15) is 5.82 Å². The molecule has 0 aliphatic carbocycles. The van der Waals surface area contributed by atoms with E-state index in [0.29, 0.717) is 0 Å². The van der Waals surface area contributed by atoms with Crippen LogP contribution < -0.4 is 0 Å². The van der Waals surface area contributed by atoms with Gasteiger partial charge in [0.2, 0.25) is 5.82 Å². The van der Waals surface area contributed by atoms with E-state index in [-0.39, 0.29) is 5.82 Å². The van der Waals surface area contributed by atoms with Crippen LogP contribution >= 0.6 is 0 Å². The van der Waals surface area contributed by atoms with Crippen molar-refractivity contribution in [2.75, 3.05) is 0 Å². The average Bonchev–Trinajstić information content (AvgIpc) is 2.14. The maximum Gasteiger partial charge on any atom is 0.203 e. The molecule has 0 aliphatic rings. The van der Waals surface area contributed by atoms with Crippen molar-refractivity contribution in [1.29, 1.82) is 0 Å². The molecule has 0 saturated carbocycles. The molecule has 1 rings (SSSR count). The standard InChI is InChI=1S/C2H3N4O/c7-1-2-3-5-6-4-2/h1H2,(H,3,4,5,6). The lowest BCUT2D eigenvalue weighted by atomic mass is 10.7. The van der Waals surface area contributed by atoms with Crippen LogP contribution in [-0.2, 0) is 11.7 Å². The summed E-state index contributed by atoms with van der Waals surface area (Å²) < 4.78 is 0. The highest BCUT2D eigenvalue weighted by molar-refractivity contribution is 4.67. The summed E-state index contributed by atoms with van der Waals surface area (Å²) in [5.74, 6) is 0.208. The molecule has 1 aromatic heterocycles. The second-order valence-electron chi connectivity index (χ2n) is 0.972. The highest BCUT2D eigenvalue weighted by Gasteiger charge is 1.90. The summed E-state index contributed by atoms with van der Waals surface area (Å²) in [6, 6.07) is 0. The van der Waals surface area contributed by atoms with E-state index in [9.17, 15) is 5.11 Å². The third-order valence-corrected chi connectivity index (χ3v) is 0.518. The van der Waals surface area contributed by atoms with Crippen molar-refractivity contribution in [2.24, 2.45) is 0 Å². The lowest BCUT2D eigenvalue weighted by molar-refractivity contribution is 0.170. The molecule has 0 aliphatic heterocycles. The van der Waals surface area contributed by atoms with Crippen LogP contribution in [0.5, 0.6) is 0 Å². The van der Waals surface area contributed by atoms with E-state index >= 15 is 0 Å². The number of H-pyrrole nitrogens is 1. The summed E-state index contributed by atoms with van der Waals surface area (Å²) in [5, 5.41) is 21.9. The summed E-state index contributed by atoms with van der Waals surface area (Å²) in [7, 11) is 0. The van der Waals surface area contributed by atoms with Crippen LogP contribution in [0.2, 0.25) is 0 Å². The largest absolute Gasteiger partial charge is 0.228 e. The molecule has 1 N–H and O–H groups in total. The number of nitrogens with zero attached hydrogens (tertiary/aromatic N) is 3. The topological polar surface area (TPSA) is 74.4 Å². The van der Waals surface area contributed by atoms with Gasteiger partial charge in [-0.2, -0.15) is 5.21 Å². The van der Waals surface area contributed by atoms with Gasteiger partial charge in [-0.3, -0.25) is 0 Å². The van der Waals surface area contributed by atoms with Crippen molar-refractivity contribution in [2.45, 2.75) is 6.61 Å². The Balaban J connectivity index is 2.76. The zero-order valence-electron chi connectivity index (χ0n) is 3.46. The second kappa shape index (κ2) is 1.65. The van der Waals surface area contributed by atoms with Crippen molar-refractivity contribution < 1.29 is 5.11 Å². The Labute approximate surface area is 39.4 Å². The first-order chi connectivity index (χ1) is 3.43. The van der Waals surface area contributed by atoms with Gasteiger partial charge in [0, 0.05) is 0 Å². The minimum absolute atomic E-state index is 0.208. The van der Waals surface area contributed by atoms with Crippen LogP contribution in [-0.4, -0.2) is 20.6 Å². The van der Waals surface area contributed by atoms with Crippen molar-refractivity contribution in [3.05, 3.63) is 5.82 Å². The predicted octanol–water partition coefficient (Wildman–Crippen LogP) is -0.870. The Morgan fingerprint density at radius 3 is 2.86 bits per heavy atom. The summed E-state index contributed by atoms with van der Waals surface area (Å²) >= 11 is 0. The molecule has 0 saturated heterocycles. The highest BCUT2D eigenvalue weighted by atomic mass is 16.3. The Hall–Kier alpha value is -0.970. The SMILES string of the molecule is [O]Cc1nn[nH]n1. The third-order valence-electron chi connectivity index (χ3n) is 0.518. The lowest BCUT2D eigenvalue weighted by Gasteiger charge is -1.69. The first kappa shape index (κ1) is 4.20. The fourth-order valence-corrected chi connectivity index (χ4v) is 0.244. The lowest BCUT2D eigenvalue weighted by Crippen LogP contribution is -1.82. The third kappa shape index (κ3) is 0.716. The molecule has 1 heterocycles. The number of nitrogens with one attached hydrogen (secondary N) is 1. The molecule has 37 valence electrons. The normalized spacial score (nSPS) is 9.29. The zero-order chi connectivity index (χ0) is 5.11. The summed E-state index contributed by atoms with van der Waals surface area (Å²) in [4.78, 5) is 0. The summed E-state index contributed by atoms with van der Waals surface area (Å²) in [6.45, 7) is -0.406. The van der Waals surface area contributed by atoms with Gasteiger partial charge in [-0.05, 0) is 0 Å². The Bertz CT molecular complexity index is 124. The van der Waals surface area contributed by atoms with Gasteiger partial charge < -0.3 is 0 Å². The van der Waals surface area contributed by atoms with Gasteiger partial charge in [0.1, 0.15) is 6.61 Å². The molecule has 0 unspecified atom stereocenters. The monoisotopic (exact) mass is 99.0 g/mol. The van der Waals surface area contributed by atoms with Gasteiger partial charge in [0.25, 0.3) is 0 Å². The van der Waals surface area contributed by atoms with Crippen molar-refractivity contribution in [3.63, 3.8) is 0 Å². The second-order valence-corrected chi connectivity index (χ2v) is 0.972. The number of rotatable bonds is 1. The van der Waals surface area contributed by atoms with Gasteiger partial charge >= 0.3 is 0 Å². The van der Waals surface area contributed by atoms with Gasteiger partial charge in [-0.15, -0.1) is 10.2 Å². The van der Waals surface area contributed by atoms with Crippen molar-refractivity contribution >= 4 is 0 Å². The van der Waals surface area contributed by atoms with Crippen molar-refractivity contribution in [3.8, 4) is 0 Å². The fourth-order valence-electron chi connectivity index (χ4n) is 0.244. The van der Waals surface area contributed by atoms with Crippen LogP contribution in [0.4, 0.5) is 0 Å². The minimum Gasteiger partial charge on any atom is -0.228 e. The molecule has 0 spiro atoms. The smallest absolute Gasteiger partial charge is 0.203 e. The minimum atomic E-state index is -0.406.